The molecular weight excluding hydrogens is 1390 g/mol. The van der Waals surface area contributed by atoms with Crippen LogP contribution in [0, 0.1) is 11.8 Å². The van der Waals surface area contributed by atoms with Gasteiger partial charge in [-0.05, 0) is 37.5 Å². The van der Waals surface area contributed by atoms with Crippen molar-refractivity contribution in [3.8, 4) is 0 Å². The van der Waals surface area contributed by atoms with Crippen LogP contribution >= 0.6 is 15.6 Å². The highest BCUT2D eigenvalue weighted by atomic mass is 31.2. The molecule has 0 saturated carbocycles. The molecule has 17 nitrogen and oxygen atoms in total. The van der Waals surface area contributed by atoms with Gasteiger partial charge in [-0.1, -0.05) is 420 Å². The van der Waals surface area contributed by atoms with Gasteiger partial charge in [-0.3, -0.25) is 37.3 Å². The zero-order valence-corrected chi connectivity index (χ0v) is 72.2. The van der Waals surface area contributed by atoms with Crippen molar-refractivity contribution in [3.63, 3.8) is 0 Å². The Morgan fingerprint density at radius 3 is 0.636 bits per heavy atom. The fourth-order valence-electron chi connectivity index (χ4n) is 13.8. The van der Waals surface area contributed by atoms with E-state index in [9.17, 15) is 43.2 Å². The number of hydrogen-bond acceptors (Lipinski definition) is 15. The van der Waals surface area contributed by atoms with E-state index in [1.165, 1.54) is 289 Å². The van der Waals surface area contributed by atoms with Crippen LogP contribution in [0.1, 0.15) is 472 Å². The predicted molar refractivity (Wildman–Crippen MR) is 442 cm³/mol. The summed E-state index contributed by atoms with van der Waals surface area (Å²) in [7, 11) is -9.93. The molecule has 3 N–H and O–H groups in total. The molecule has 0 aromatic carbocycles. The topological polar surface area (TPSA) is 237 Å². The van der Waals surface area contributed by atoms with Crippen molar-refractivity contribution in [2.75, 3.05) is 39.6 Å². The average Bonchev–Trinajstić information content (AvgIpc) is 0.905. The van der Waals surface area contributed by atoms with Gasteiger partial charge in [0.1, 0.15) is 19.3 Å². The van der Waals surface area contributed by atoms with Gasteiger partial charge in [0, 0.05) is 25.7 Å². The van der Waals surface area contributed by atoms with E-state index in [-0.39, 0.29) is 25.7 Å². The van der Waals surface area contributed by atoms with Crippen LogP contribution in [-0.2, 0) is 65.4 Å². The molecule has 0 bridgehead atoms. The Morgan fingerprint density at radius 2 is 0.430 bits per heavy atom. The third-order valence-corrected chi connectivity index (χ3v) is 22.6. The minimum absolute atomic E-state index is 0.108. The molecule has 0 aromatic heterocycles. The Kier molecular flexibility index (Phi) is 77.9. The van der Waals surface area contributed by atoms with Crippen molar-refractivity contribution >= 4 is 39.5 Å². The van der Waals surface area contributed by atoms with Crippen LogP contribution in [0.4, 0.5) is 0 Å². The van der Waals surface area contributed by atoms with E-state index in [4.69, 9.17) is 37.0 Å². The number of carbonyl (C=O) groups is 4. The van der Waals surface area contributed by atoms with Gasteiger partial charge in [-0.2, -0.15) is 0 Å². The SMILES string of the molecule is CCCCCCCCCCCCCCCCCCCCCCCC(=O)O[C@H](COC(=O)CCCCCCCCCCCCCCCCCC(C)C)COP(=O)(O)OC[C@@H](O)COP(=O)(O)OC[C@@H](COC(=O)CCCCCCCCCCC(C)C)OC(=O)CCCCCCCCCCCCCCCCCCC. The highest BCUT2D eigenvalue weighted by Gasteiger charge is 2.30. The number of aliphatic hydroxyl groups excluding tert-OH is 1. The van der Waals surface area contributed by atoms with Crippen LogP contribution < -0.4 is 0 Å². The van der Waals surface area contributed by atoms with Crippen LogP contribution in [0.5, 0.6) is 0 Å². The highest BCUT2D eigenvalue weighted by Crippen LogP contribution is 2.45. The molecule has 19 heteroatoms. The smallest absolute Gasteiger partial charge is 0.462 e. The molecule has 0 rings (SSSR count). The van der Waals surface area contributed by atoms with E-state index < -0.39 is 97.5 Å². The lowest BCUT2D eigenvalue weighted by Crippen LogP contribution is -2.30. The number of esters is 4. The van der Waals surface area contributed by atoms with Crippen LogP contribution in [0.25, 0.3) is 0 Å². The first-order valence-electron chi connectivity index (χ1n) is 45.5. The van der Waals surface area contributed by atoms with E-state index in [1.54, 1.807) is 0 Å². The normalized spacial score (nSPS) is 13.8. The van der Waals surface area contributed by atoms with Gasteiger partial charge in [-0.25, -0.2) is 9.13 Å². The lowest BCUT2D eigenvalue weighted by Gasteiger charge is -2.21. The third kappa shape index (κ3) is 81.9. The average molecular weight is 1560 g/mol. The molecule has 5 atom stereocenters. The quantitative estimate of drug-likeness (QED) is 0.0222. The third-order valence-electron chi connectivity index (χ3n) is 20.7. The van der Waals surface area contributed by atoms with Crippen molar-refractivity contribution in [3.05, 3.63) is 0 Å². The van der Waals surface area contributed by atoms with Crippen LogP contribution in [0.2, 0.25) is 0 Å². The van der Waals surface area contributed by atoms with Crippen LogP contribution in [-0.4, -0.2) is 96.7 Å². The summed E-state index contributed by atoms with van der Waals surface area (Å²) in [5, 5.41) is 10.7. The first kappa shape index (κ1) is 105. The molecule has 0 aliphatic heterocycles. The molecule has 0 radical (unpaired) electrons. The largest absolute Gasteiger partial charge is 0.472 e. The second-order valence-corrected chi connectivity index (χ2v) is 35.5. The number of rotatable bonds is 87. The second-order valence-electron chi connectivity index (χ2n) is 32.6. The summed E-state index contributed by atoms with van der Waals surface area (Å²) in [5.41, 5.74) is 0. The number of ether oxygens (including phenoxy) is 4. The number of aliphatic hydroxyl groups is 1. The van der Waals surface area contributed by atoms with Gasteiger partial charge >= 0.3 is 39.5 Å². The molecule has 0 spiro atoms. The molecule has 636 valence electrons. The Bertz CT molecular complexity index is 2050. The summed E-state index contributed by atoms with van der Waals surface area (Å²) < 4.78 is 69.0. The van der Waals surface area contributed by atoms with E-state index in [0.717, 1.165) is 102 Å². The lowest BCUT2D eigenvalue weighted by atomic mass is 10.0. The van der Waals surface area contributed by atoms with Crippen LogP contribution in [0.15, 0.2) is 0 Å². The van der Waals surface area contributed by atoms with Crippen molar-refractivity contribution in [1.29, 1.82) is 0 Å². The monoisotopic (exact) mass is 1560 g/mol. The summed E-state index contributed by atoms with van der Waals surface area (Å²) in [6, 6.07) is 0. The fourth-order valence-corrected chi connectivity index (χ4v) is 15.4. The van der Waals surface area contributed by atoms with E-state index in [0.29, 0.717) is 25.7 Å². The Balaban J connectivity index is 5.24. The number of phosphoric ester groups is 2. The summed E-state index contributed by atoms with van der Waals surface area (Å²) in [6.07, 6.45) is 72.3. The highest BCUT2D eigenvalue weighted by molar-refractivity contribution is 7.47. The maximum Gasteiger partial charge on any atom is 0.472 e. The number of hydrogen-bond donors (Lipinski definition) is 3. The Morgan fingerprint density at radius 1 is 0.252 bits per heavy atom. The van der Waals surface area contributed by atoms with Gasteiger partial charge < -0.3 is 33.8 Å². The van der Waals surface area contributed by atoms with Crippen molar-refractivity contribution in [2.24, 2.45) is 11.8 Å². The zero-order valence-electron chi connectivity index (χ0n) is 70.5. The van der Waals surface area contributed by atoms with Crippen molar-refractivity contribution in [1.82, 2.24) is 0 Å². The molecule has 0 fully saturated rings. The predicted octanol–water partition coefficient (Wildman–Crippen LogP) is 27.0. The van der Waals surface area contributed by atoms with Gasteiger partial charge in [0.2, 0.25) is 0 Å². The number of carbonyl (C=O) groups excluding carboxylic acids is 4. The first-order valence-corrected chi connectivity index (χ1v) is 48.5. The molecule has 0 aromatic rings. The number of unbranched alkanes of at least 4 members (excludes halogenated alkanes) is 57. The fraction of sp³-hybridized carbons (Fsp3) is 0.955. The first-order chi connectivity index (χ1) is 51.9. The Hall–Kier alpha value is -1.94. The van der Waals surface area contributed by atoms with Gasteiger partial charge in [0.25, 0.3) is 0 Å². The van der Waals surface area contributed by atoms with Crippen molar-refractivity contribution in [2.45, 2.75) is 490 Å². The molecule has 107 heavy (non-hydrogen) atoms. The maximum absolute atomic E-state index is 13.2. The summed E-state index contributed by atoms with van der Waals surface area (Å²) in [6.45, 7) is 9.68. The van der Waals surface area contributed by atoms with Gasteiger partial charge in [0.05, 0.1) is 26.4 Å². The lowest BCUT2D eigenvalue weighted by molar-refractivity contribution is -0.161. The molecular formula is C88H172O17P2. The zero-order chi connectivity index (χ0) is 78.5. The molecule has 2 unspecified atom stereocenters. The summed E-state index contributed by atoms with van der Waals surface area (Å²) >= 11 is 0. The van der Waals surface area contributed by atoms with Gasteiger partial charge in [-0.15, -0.1) is 0 Å². The summed E-state index contributed by atoms with van der Waals surface area (Å²) in [5.74, 6) is -0.567. The van der Waals surface area contributed by atoms with E-state index in [2.05, 4.69) is 41.5 Å². The number of phosphoric acid groups is 2. The van der Waals surface area contributed by atoms with Crippen LogP contribution in [0.3, 0.4) is 0 Å². The molecule has 0 aliphatic carbocycles. The molecule has 0 amide bonds. The van der Waals surface area contributed by atoms with E-state index in [1.807, 2.05) is 0 Å². The summed E-state index contributed by atoms with van der Waals surface area (Å²) in [4.78, 5) is 73.3. The van der Waals surface area contributed by atoms with Gasteiger partial charge in [0.15, 0.2) is 12.2 Å². The molecule has 0 aliphatic rings. The maximum atomic E-state index is 13.2. The minimum atomic E-state index is -4.97. The minimum Gasteiger partial charge on any atom is -0.462 e. The molecule has 0 saturated heterocycles. The standard InChI is InChI=1S/C88H172O17P2/c1-7-9-11-13-15-17-19-21-23-25-26-27-28-30-34-39-43-47-55-61-67-72-87(92)104-83(76-98-85(90)70-64-58-52-45-41-37-35-31-32-36-40-44-50-56-62-68-80(3)4)78-102-106(94,95)100-74-82(89)75-101-107(96,97)103-79-84(77-99-86(91)71-65-59-53-49-48-51-57-63-69-81(5)6)105-88(93)73-66-60-54-46-42-38-33-29-24-22-20-18-16-14-12-10-8-2/h80-84,89H,7-79H2,1-6H3,(H,94,95)(H,96,97)/t82-,83-,84-/m1/s1. The Labute approximate surface area is 658 Å². The molecule has 0 heterocycles. The second kappa shape index (κ2) is 79.3. The van der Waals surface area contributed by atoms with E-state index >= 15 is 0 Å². The van der Waals surface area contributed by atoms with Crippen molar-refractivity contribution < 1.29 is 80.2 Å².